The Kier molecular flexibility index (Phi) is 5.96. The molecule has 0 aliphatic carbocycles. The minimum absolute atomic E-state index is 0.344. The van der Waals surface area contributed by atoms with Gasteiger partial charge in [-0.25, -0.2) is 0 Å². The second-order valence-electron chi connectivity index (χ2n) is 3.56. The third-order valence-corrected chi connectivity index (χ3v) is 4.33. The third-order valence-electron chi connectivity index (χ3n) is 2.10. The minimum Gasteiger partial charge on any atom is -0.350 e. The van der Waals surface area contributed by atoms with Gasteiger partial charge in [-0.3, -0.25) is 4.57 Å². The fourth-order valence-corrected chi connectivity index (χ4v) is 3.14. The van der Waals surface area contributed by atoms with Crippen LogP contribution in [0.1, 0.15) is 20.8 Å². The number of nitrogens with one attached hydrogen (secondary N) is 1. The van der Waals surface area contributed by atoms with Gasteiger partial charge in [0.25, 0.3) is 0 Å². The molecule has 0 atom stereocenters. The summed E-state index contributed by atoms with van der Waals surface area (Å²) in [6.45, 7) is 6.06. The maximum Gasteiger partial charge on any atom is 0.361 e. The van der Waals surface area contributed by atoms with Gasteiger partial charge in [0.1, 0.15) is 0 Å². The predicted octanol–water partition coefficient (Wildman–Crippen LogP) is 3.34. The van der Waals surface area contributed by atoms with E-state index in [1.165, 1.54) is 0 Å². The summed E-state index contributed by atoms with van der Waals surface area (Å²) in [6.07, 6.45) is 0. The lowest BCUT2D eigenvalue weighted by Gasteiger charge is -2.17. The van der Waals surface area contributed by atoms with Crippen LogP contribution in [0.5, 0.6) is 0 Å². The predicted molar refractivity (Wildman–Crippen MR) is 78.8 cm³/mol. The Balaban J connectivity index is 2.93. The van der Waals surface area contributed by atoms with Crippen molar-refractivity contribution in [2.24, 2.45) is 0 Å². The molecule has 1 aromatic carbocycles. The molecule has 100 valence electrons. The fraction of sp³-hybridized carbons (Fsp3) is 0.417. The van der Waals surface area contributed by atoms with Crippen molar-refractivity contribution in [1.82, 2.24) is 0 Å². The standard InChI is InChI=1S/C12H18NO3PS/c1-4-15-17(14,16-5-2)12-8-6-11(7-9-12)13-10(3)18/h6-9H,4-5H2,1-3H3,(H,13,18). The molecular weight excluding hydrogens is 269 g/mol. The second-order valence-corrected chi connectivity index (χ2v) is 6.20. The van der Waals surface area contributed by atoms with Gasteiger partial charge in [-0.05, 0) is 45.0 Å². The lowest BCUT2D eigenvalue weighted by Crippen LogP contribution is -2.11. The lowest BCUT2D eigenvalue weighted by molar-refractivity contribution is 0.230. The van der Waals surface area contributed by atoms with Gasteiger partial charge in [0.2, 0.25) is 0 Å². The zero-order chi connectivity index (χ0) is 13.6. The van der Waals surface area contributed by atoms with Crippen LogP contribution in [-0.2, 0) is 13.6 Å². The average molecular weight is 287 g/mol. The van der Waals surface area contributed by atoms with Gasteiger partial charge in [0, 0.05) is 5.69 Å². The molecule has 6 heteroatoms. The Labute approximate surface area is 113 Å². The number of hydrogen-bond donors (Lipinski definition) is 1. The Morgan fingerprint density at radius 3 is 2.11 bits per heavy atom. The Bertz CT molecular complexity index is 437. The highest BCUT2D eigenvalue weighted by Crippen LogP contribution is 2.46. The lowest BCUT2D eigenvalue weighted by atomic mass is 10.3. The molecule has 0 unspecified atom stereocenters. The first-order valence-corrected chi connectivity index (χ1v) is 7.74. The van der Waals surface area contributed by atoms with Crippen LogP contribution in [0, 0.1) is 0 Å². The van der Waals surface area contributed by atoms with Crippen LogP contribution in [0.25, 0.3) is 0 Å². The molecule has 18 heavy (non-hydrogen) atoms. The summed E-state index contributed by atoms with van der Waals surface area (Å²) < 4.78 is 23.0. The van der Waals surface area contributed by atoms with Crippen LogP contribution < -0.4 is 10.6 Å². The summed E-state index contributed by atoms with van der Waals surface area (Å²) >= 11 is 4.95. The molecule has 1 aromatic rings. The molecule has 0 radical (unpaired) electrons. The normalized spacial score (nSPS) is 11.3. The summed E-state index contributed by atoms with van der Waals surface area (Å²) in [5, 5.41) is 3.56. The van der Waals surface area contributed by atoms with E-state index in [4.69, 9.17) is 21.3 Å². The molecular formula is C12H18NO3PS. The molecule has 1 rings (SSSR count). The molecule has 0 bridgehead atoms. The molecule has 0 aromatic heterocycles. The minimum atomic E-state index is -3.19. The van der Waals surface area contributed by atoms with Gasteiger partial charge >= 0.3 is 7.60 Å². The van der Waals surface area contributed by atoms with Crippen molar-refractivity contribution in [3.63, 3.8) is 0 Å². The van der Waals surface area contributed by atoms with E-state index in [9.17, 15) is 4.57 Å². The van der Waals surface area contributed by atoms with Crippen molar-refractivity contribution >= 4 is 35.8 Å². The summed E-state index contributed by atoms with van der Waals surface area (Å²) in [5.74, 6) is 0. The van der Waals surface area contributed by atoms with Gasteiger partial charge in [0.05, 0.1) is 23.5 Å². The first kappa shape index (κ1) is 15.3. The van der Waals surface area contributed by atoms with Gasteiger partial charge in [-0.2, -0.15) is 0 Å². The summed E-state index contributed by atoms with van der Waals surface area (Å²) in [7, 11) is -3.19. The second kappa shape index (κ2) is 7.00. The molecule has 0 saturated carbocycles. The van der Waals surface area contributed by atoms with Gasteiger partial charge in [-0.1, -0.05) is 12.2 Å². The highest BCUT2D eigenvalue weighted by atomic mass is 32.1. The van der Waals surface area contributed by atoms with E-state index in [0.717, 1.165) is 5.69 Å². The highest BCUT2D eigenvalue weighted by molar-refractivity contribution is 7.80. The van der Waals surface area contributed by atoms with Crippen molar-refractivity contribution in [1.29, 1.82) is 0 Å². The smallest absolute Gasteiger partial charge is 0.350 e. The van der Waals surface area contributed by atoms with E-state index >= 15 is 0 Å². The van der Waals surface area contributed by atoms with Crippen LogP contribution in [0.2, 0.25) is 0 Å². The Morgan fingerprint density at radius 2 is 1.72 bits per heavy atom. The summed E-state index contributed by atoms with van der Waals surface area (Å²) in [4.78, 5) is 0.681. The number of rotatable bonds is 6. The fourth-order valence-electron chi connectivity index (χ4n) is 1.46. The van der Waals surface area contributed by atoms with E-state index < -0.39 is 7.60 Å². The van der Waals surface area contributed by atoms with E-state index in [0.29, 0.717) is 23.5 Å². The van der Waals surface area contributed by atoms with Crippen LogP contribution in [0.4, 0.5) is 5.69 Å². The van der Waals surface area contributed by atoms with Crippen molar-refractivity contribution < 1.29 is 13.6 Å². The maximum absolute atomic E-state index is 12.5. The Hall–Kier alpha value is -0.740. The van der Waals surface area contributed by atoms with Gasteiger partial charge in [-0.15, -0.1) is 0 Å². The topological polar surface area (TPSA) is 47.6 Å². The van der Waals surface area contributed by atoms with Crippen molar-refractivity contribution in [3.05, 3.63) is 24.3 Å². The molecule has 1 N–H and O–H groups in total. The monoisotopic (exact) mass is 287 g/mol. The van der Waals surface area contributed by atoms with E-state index in [1.54, 1.807) is 45.0 Å². The molecule has 0 amide bonds. The van der Waals surface area contributed by atoms with E-state index in [2.05, 4.69) is 5.32 Å². The first-order chi connectivity index (χ1) is 8.51. The molecule has 0 spiro atoms. The van der Waals surface area contributed by atoms with Crippen molar-refractivity contribution in [2.45, 2.75) is 20.8 Å². The third kappa shape index (κ3) is 4.18. The highest BCUT2D eigenvalue weighted by Gasteiger charge is 2.26. The van der Waals surface area contributed by atoms with Crippen LogP contribution in [0.15, 0.2) is 24.3 Å². The van der Waals surface area contributed by atoms with E-state index in [-0.39, 0.29) is 0 Å². The van der Waals surface area contributed by atoms with Crippen molar-refractivity contribution in [2.75, 3.05) is 18.5 Å². The zero-order valence-electron chi connectivity index (χ0n) is 10.8. The SMILES string of the molecule is CCOP(=O)(OCC)c1ccc(NC(C)=S)cc1. The molecule has 0 aliphatic heterocycles. The first-order valence-electron chi connectivity index (χ1n) is 5.79. The van der Waals surface area contributed by atoms with Crippen molar-refractivity contribution in [3.8, 4) is 0 Å². The molecule has 0 heterocycles. The van der Waals surface area contributed by atoms with Crippen LogP contribution in [0.3, 0.4) is 0 Å². The molecule has 4 nitrogen and oxygen atoms in total. The van der Waals surface area contributed by atoms with Gasteiger partial charge < -0.3 is 14.4 Å². The van der Waals surface area contributed by atoms with Crippen LogP contribution in [-0.4, -0.2) is 18.2 Å². The maximum atomic E-state index is 12.5. The van der Waals surface area contributed by atoms with Crippen LogP contribution >= 0.6 is 19.8 Å². The molecule has 0 saturated heterocycles. The number of thiocarbonyl (C=S) groups is 1. The average Bonchev–Trinajstić information content (AvgIpc) is 2.29. The number of anilines is 1. The zero-order valence-corrected chi connectivity index (χ0v) is 12.5. The summed E-state index contributed by atoms with van der Waals surface area (Å²) in [5.41, 5.74) is 0.853. The van der Waals surface area contributed by atoms with Gasteiger partial charge in [0.15, 0.2) is 0 Å². The number of hydrogen-bond acceptors (Lipinski definition) is 4. The molecule has 0 aliphatic rings. The molecule has 0 fully saturated rings. The largest absolute Gasteiger partial charge is 0.361 e. The van der Waals surface area contributed by atoms with E-state index in [1.807, 2.05) is 0 Å². The summed E-state index contributed by atoms with van der Waals surface area (Å²) in [6, 6.07) is 7.06. The quantitative estimate of drug-likeness (QED) is 0.642. The number of benzene rings is 1. The Morgan fingerprint density at radius 1 is 1.22 bits per heavy atom.